The van der Waals surface area contributed by atoms with Crippen LogP contribution in [0.3, 0.4) is 0 Å². The number of benzene rings is 3. The third-order valence-electron chi connectivity index (χ3n) is 6.22. The number of nitrogens with one attached hydrogen (secondary N) is 2. The molecule has 174 valence electrons. The summed E-state index contributed by atoms with van der Waals surface area (Å²) < 4.78 is 12.6. The second-order valence-electron chi connectivity index (χ2n) is 8.69. The Morgan fingerprint density at radius 1 is 0.686 bits per heavy atom. The molecule has 0 saturated carbocycles. The summed E-state index contributed by atoms with van der Waals surface area (Å²) >= 11 is 0. The maximum absolute atomic E-state index is 6.44. The van der Waals surface area contributed by atoms with E-state index in [-0.39, 0.29) is 0 Å². The van der Waals surface area contributed by atoms with Crippen molar-refractivity contribution in [1.29, 1.82) is 0 Å². The Labute approximate surface area is 204 Å². The van der Waals surface area contributed by atoms with Gasteiger partial charge in [-0.05, 0) is 24.6 Å². The Morgan fingerprint density at radius 2 is 1.23 bits per heavy atom. The van der Waals surface area contributed by atoms with Gasteiger partial charge in [0.1, 0.15) is 23.7 Å². The molecule has 0 fully saturated rings. The smallest absolute Gasteiger partial charge is 0.181 e. The summed E-state index contributed by atoms with van der Waals surface area (Å²) in [5.74, 6) is 4.04. The molecule has 6 nitrogen and oxygen atoms in total. The molecule has 2 aliphatic heterocycles. The maximum atomic E-state index is 6.44. The molecule has 35 heavy (non-hydrogen) atoms. The highest BCUT2D eigenvalue weighted by atomic mass is 16.5. The number of rotatable bonds is 6. The van der Waals surface area contributed by atoms with Crippen LogP contribution in [0.4, 0.5) is 0 Å². The summed E-state index contributed by atoms with van der Waals surface area (Å²) in [6.07, 6.45) is 1.77. The molecule has 1 aromatic heterocycles. The zero-order chi connectivity index (χ0) is 23.6. The molecule has 4 aromatic rings. The third kappa shape index (κ3) is 4.30. The van der Waals surface area contributed by atoms with Crippen LogP contribution in [0.2, 0.25) is 0 Å². The molecule has 0 amide bonds. The van der Waals surface area contributed by atoms with Gasteiger partial charge in [0.2, 0.25) is 0 Å². The second-order valence-corrected chi connectivity index (χ2v) is 8.69. The van der Waals surface area contributed by atoms with Crippen molar-refractivity contribution < 1.29 is 9.15 Å². The highest BCUT2D eigenvalue weighted by molar-refractivity contribution is 6.01. The fourth-order valence-corrected chi connectivity index (χ4v) is 4.34. The van der Waals surface area contributed by atoms with Crippen LogP contribution in [0.1, 0.15) is 16.7 Å². The molecule has 0 unspecified atom stereocenters. The summed E-state index contributed by atoms with van der Waals surface area (Å²) in [6.45, 7) is 5.47. The number of aliphatic imine (C=N–C) groups is 2. The second kappa shape index (κ2) is 9.14. The lowest BCUT2D eigenvalue weighted by Gasteiger charge is -2.11. The lowest BCUT2D eigenvalue weighted by atomic mass is 10.0. The van der Waals surface area contributed by atoms with Crippen molar-refractivity contribution in [3.8, 4) is 33.9 Å². The normalized spacial score (nSPS) is 14.8. The molecule has 6 rings (SSSR count). The number of ether oxygens (including phenoxy) is 1. The van der Waals surface area contributed by atoms with Gasteiger partial charge in [-0.3, -0.25) is 9.98 Å². The maximum Gasteiger partial charge on any atom is 0.181 e. The number of furan rings is 1. The van der Waals surface area contributed by atoms with Crippen molar-refractivity contribution in [2.24, 2.45) is 9.98 Å². The first-order chi connectivity index (χ1) is 17.2. The molecular formula is C29H26N4O2. The van der Waals surface area contributed by atoms with Crippen molar-refractivity contribution in [3.63, 3.8) is 0 Å². The lowest BCUT2D eigenvalue weighted by Crippen LogP contribution is -2.19. The van der Waals surface area contributed by atoms with E-state index in [1.807, 2.05) is 24.3 Å². The number of amidine groups is 2. The highest BCUT2D eigenvalue weighted by Crippen LogP contribution is 2.43. The molecular weight excluding hydrogens is 436 g/mol. The largest absolute Gasteiger partial charge is 0.460 e. The minimum Gasteiger partial charge on any atom is -0.460 e. The average molecular weight is 463 g/mol. The van der Waals surface area contributed by atoms with Gasteiger partial charge in [-0.1, -0.05) is 66.2 Å². The molecule has 2 aliphatic rings. The summed E-state index contributed by atoms with van der Waals surface area (Å²) in [5, 5.41) is 6.64. The Kier molecular flexibility index (Phi) is 5.54. The molecule has 0 bridgehead atoms. The van der Waals surface area contributed by atoms with Crippen LogP contribution in [-0.4, -0.2) is 37.9 Å². The average Bonchev–Trinajstić information content (AvgIpc) is 3.68. The van der Waals surface area contributed by atoms with Gasteiger partial charge in [0, 0.05) is 29.8 Å². The van der Waals surface area contributed by atoms with Crippen molar-refractivity contribution in [2.75, 3.05) is 26.2 Å². The Morgan fingerprint density at radius 3 is 1.77 bits per heavy atom. The van der Waals surface area contributed by atoms with E-state index >= 15 is 0 Å². The van der Waals surface area contributed by atoms with E-state index in [9.17, 15) is 0 Å². The van der Waals surface area contributed by atoms with Crippen LogP contribution in [0.5, 0.6) is 11.5 Å². The van der Waals surface area contributed by atoms with Gasteiger partial charge in [-0.25, -0.2) is 0 Å². The molecule has 3 aromatic carbocycles. The first-order valence-corrected chi connectivity index (χ1v) is 11.9. The quantitative estimate of drug-likeness (QED) is 0.402. The third-order valence-corrected chi connectivity index (χ3v) is 6.22. The molecule has 0 radical (unpaired) electrons. The van der Waals surface area contributed by atoms with Crippen molar-refractivity contribution in [3.05, 3.63) is 95.7 Å². The fraction of sp³-hybridized carbons (Fsp3) is 0.172. The van der Waals surface area contributed by atoms with Gasteiger partial charge < -0.3 is 19.8 Å². The van der Waals surface area contributed by atoms with Crippen LogP contribution in [-0.2, 0) is 0 Å². The van der Waals surface area contributed by atoms with E-state index < -0.39 is 0 Å². The molecule has 0 atom stereocenters. The summed E-state index contributed by atoms with van der Waals surface area (Å²) in [7, 11) is 0. The first kappa shape index (κ1) is 21.2. The summed E-state index contributed by atoms with van der Waals surface area (Å²) in [6, 6.07) is 24.6. The standard InChI is InChI=1S/C29H26N4O2/c1-19-2-12-24(13-3-19)35-27-25(20-4-8-22(9-5-20)28-30-14-15-31-28)18-34-26(27)21-6-10-23(11-7-21)29-32-16-17-33-29/h2-13,18H,14-17H2,1H3,(H,30,31)(H,32,33). The number of aryl methyl sites for hydroxylation is 1. The number of nitrogens with zero attached hydrogens (tertiary/aromatic N) is 2. The van der Waals surface area contributed by atoms with Crippen LogP contribution in [0.25, 0.3) is 22.5 Å². The first-order valence-electron chi connectivity index (χ1n) is 11.9. The molecule has 0 saturated heterocycles. The van der Waals surface area contributed by atoms with E-state index in [1.165, 1.54) is 5.56 Å². The Balaban J connectivity index is 1.38. The minimum atomic E-state index is 0.694. The van der Waals surface area contributed by atoms with Gasteiger partial charge in [0.15, 0.2) is 11.5 Å². The van der Waals surface area contributed by atoms with E-state index in [1.54, 1.807) is 6.26 Å². The SMILES string of the molecule is Cc1ccc(Oc2c(-c3ccc(C4=NCCN4)cc3)coc2-c2ccc(C3=NCCN3)cc2)cc1. The van der Waals surface area contributed by atoms with Crippen LogP contribution in [0, 0.1) is 6.92 Å². The van der Waals surface area contributed by atoms with Crippen molar-refractivity contribution in [1.82, 2.24) is 10.6 Å². The molecule has 6 heteroatoms. The number of hydrogen-bond donors (Lipinski definition) is 2. The van der Waals surface area contributed by atoms with Gasteiger partial charge in [0.05, 0.1) is 18.7 Å². The van der Waals surface area contributed by atoms with E-state index in [4.69, 9.17) is 9.15 Å². The topological polar surface area (TPSA) is 71.1 Å². The molecule has 0 spiro atoms. The highest BCUT2D eigenvalue weighted by Gasteiger charge is 2.20. The van der Waals surface area contributed by atoms with E-state index in [0.717, 1.165) is 71.4 Å². The van der Waals surface area contributed by atoms with Crippen molar-refractivity contribution >= 4 is 11.7 Å². The van der Waals surface area contributed by atoms with Crippen LogP contribution >= 0.6 is 0 Å². The van der Waals surface area contributed by atoms with Gasteiger partial charge in [-0.2, -0.15) is 0 Å². The monoisotopic (exact) mass is 462 g/mol. The zero-order valence-corrected chi connectivity index (χ0v) is 19.5. The van der Waals surface area contributed by atoms with E-state index in [0.29, 0.717) is 11.5 Å². The Bertz CT molecular complexity index is 1310. The van der Waals surface area contributed by atoms with E-state index in [2.05, 4.69) is 76.1 Å². The predicted molar refractivity (Wildman–Crippen MR) is 140 cm³/mol. The van der Waals surface area contributed by atoms with Crippen LogP contribution in [0.15, 0.2) is 93.5 Å². The summed E-state index contributed by atoms with van der Waals surface area (Å²) in [4.78, 5) is 9.03. The molecule has 3 heterocycles. The molecule has 0 aliphatic carbocycles. The van der Waals surface area contributed by atoms with Crippen LogP contribution < -0.4 is 15.4 Å². The minimum absolute atomic E-state index is 0.694. The fourth-order valence-electron chi connectivity index (χ4n) is 4.34. The predicted octanol–water partition coefficient (Wildman–Crippen LogP) is 5.41. The molecule has 2 N–H and O–H groups in total. The number of hydrogen-bond acceptors (Lipinski definition) is 6. The lowest BCUT2D eigenvalue weighted by molar-refractivity contribution is 0.473. The summed E-state index contributed by atoms with van der Waals surface area (Å²) in [5.41, 5.74) is 6.20. The Hall–Kier alpha value is -4.32. The van der Waals surface area contributed by atoms with Gasteiger partial charge >= 0.3 is 0 Å². The van der Waals surface area contributed by atoms with Crippen molar-refractivity contribution in [2.45, 2.75) is 6.92 Å². The zero-order valence-electron chi connectivity index (χ0n) is 19.5. The van der Waals surface area contributed by atoms with Gasteiger partial charge in [-0.15, -0.1) is 0 Å². The van der Waals surface area contributed by atoms with Gasteiger partial charge in [0.25, 0.3) is 0 Å².